The van der Waals surface area contributed by atoms with Crippen LogP contribution in [-0.2, 0) is 4.79 Å². The minimum atomic E-state index is -0.211. The molecule has 0 bridgehead atoms. The molecule has 232 valence electrons. The molecule has 41 heavy (non-hydrogen) atoms. The number of rotatable bonds is 11. The average molecular weight is 571 g/mol. The summed E-state index contributed by atoms with van der Waals surface area (Å²) in [5.74, 6) is 1.20. The number of primary amides is 1. The molecule has 1 aromatic carbocycles. The second-order valence-corrected chi connectivity index (χ2v) is 10.5. The highest BCUT2D eigenvalue weighted by Gasteiger charge is 2.11. The van der Waals surface area contributed by atoms with Gasteiger partial charge in [-0.3, -0.25) is 9.79 Å². The van der Waals surface area contributed by atoms with E-state index in [1.807, 2.05) is 66.0 Å². The molecule has 0 radical (unpaired) electrons. The van der Waals surface area contributed by atoms with Gasteiger partial charge in [-0.05, 0) is 92.2 Å². The van der Waals surface area contributed by atoms with E-state index in [0.717, 1.165) is 65.5 Å². The summed E-state index contributed by atoms with van der Waals surface area (Å²) in [6.07, 6.45) is 12.7. The third kappa shape index (κ3) is 16.7. The van der Waals surface area contributed by atoms with Gasteiger partial charge in [0.2, 0.25) is 5.91 Å². The summed E-state index contributed by atoms with van der Waals surface area (Å²) < 4.78 is 13.5. The van der Waals surface area contributed by atoms with E-state index in [0.29, 0.717) is 18.2 Å². The van der Waals surface area contributed by atoms with Gasteiger partial charge in [0.1, 0.15) is 11.6 Å². The molecule has 0 saturated heterocycles. The number of hydrogen-bond acceptors (Lipinski definition) is 4. The zero-order valence-corrected chi connectivity index (χ0v) is 27.9. The predicted molar refractivity (Wildman–Crippen MR) is 179 cm³/mol. The molecular formula is C35H59FN4O. The van der Waals surface area contributed by atoms with E-state index in [-0.39, 0.29) is 17.6 Å². The molecule has 1 amide bonds. The predicted octanol–water partition coefficient (Wildman–Crippen LogP) is 9.53. The summed E-state index contributed by atoms with van der Waals surface area (Å²) in [5.41, 5.74) is 16.7. The lowest BCUT2D eigenvalue weighted by Gasteiger charge is -2.13. The third-order valence-corrected chi connectivity index (χ3v) is 6.44. The Morgan fingerprint density at radius 3 is 2.10 bits per heavy atom. The molecule has 0 aliphatic heterocycles. The van der Waals surface area contributed by atoms with Crippen molar-refractivity contribution < 1.29 is 9.18 Å². The molecule has 1 heterocycles. The number of anilines is 1. The standard InChI is InChI=1S/C19H30N4O.C11H15F.C3H8.C2H6/c1-4-15(8-6-10-18(20)24)7-5-9-16(12-22-3)17-11-14(2)19(21)23-13-17;1-7(2)10-8(3)5-6-9(4)11(10)12;1-3-2;1-2/h9,11-13,15H,4-8,10H2,1-3H3,(H2,20,24)(H2,21,23);5-7H,1-4H3;3H2,1-2H3;1-2H3/b16-9+,22-12?;;;. The highest BCUT2D eigenvalue weighted by atomic mass is 19.1. The van der Waals surface area contributed by atoms with Crippen LogP contribution in [0.4, 0.5) is 10.2 Å². The van der Waals surface area contributed by atoms with Gasteiger partial charge in [0.05, 0.1) is 0 Å². The Morgan fingerprint density at radius 1 is 1.05 bits per heavy atom. The van der Waals surface area contributed by atoms with Gasteiger partial charge in [-0.1, -0.05) is 79.5 Å². The van der Waals surface area contributed by atoms with Crippen LogP contribution in [0.15, 0.2) is 35.5 Å². The Kier molecular flexibility index (Phi) is 23.2. The second-order valence-electron chi connectivity index (χ2n) is 10.5. The zero-order chi connectivity index (χ0) is 32.0. The molecular weight excluding hydrogens is 511 g/mol. The fourth-order valence-corrected chi connectivity index (χ4v) is 4.23. The first kappa shape index (κ1) is 40.1. The van der Waals surface area contributed by atoms with Crippen molar-refractivity contribution in [2.24, 2.45) is 16.6 Å². The van der Waals surface area contributed by atoms with Gasteiger partial charge in [0.15, 0.2) is 0 Å². The summed E-state index contributed by atoms with van der Waals surface area (Å²) in [7, 11) is 1.77. The van der Waals surface area contributed by atoms with E-state index in [9.17, 15) is 9.18 Å². The summed E-state index contributed by atoms with van der Waals surface area (Å²) in [6.45, 7) is 20.2. The van der Waals surface area contributed by atoms with Crippen LogP contribution in [0.1, 0.15) is 127 Å². The molecule has 1 atom stereocenters. The van der Waals surface area contributed by atoms with E-state index < -0.39 is 0 Å². The number of allylic oxidation sites excluding steroid dienone is 2. The molecule has 0 fully saturated rings. The van der Waals surface area contributed by atoms with Gasteiger partial charge in [0, 0.05) is 31.4 Å². The number of aromatic nitrogens is 1. The Bertz CT molecular complexity index is 1060. The second kappa shape index (κ2) is 23.7. The molecule has 1 unspecified atom stereocenters. The maximum absolute atomic E-state index is 13.5. The fraction of sp³-hybridized carbons (Fsp3) is 0.571. The maximum atomic E-state index is 13.5. The van der Waals surface area contributed by atoms with Crippen LogP contribution in [0.2, 0.25) is 0 Å². The number of carbonyl (C=O) groups is 1. The van der Waals surface area contributed by atoms with Crippen molar-refractivity contribution in [1.82, 2.24) is 4.98 Å². The van der Waals surface area contributed by atoms with Gasteiger partial charge >= 0.3 is 0 Å². The van der Waals surface area contributed by atoms with Crippen LogP contribution < -0.4 is 11.5 Å². The Labute approximate surface area is 251 Å². The van der Waals surface area contributed by atoms with Crippen LogP contribution in [0.3, 0.4) is 0 Å². The number of carbonyl (C=O) groups excluding carboxylic acids is 1. The molecule has 0 aliphatic carbocycles. The minimum Gasteiger partial charge on any atom is -0.383 e. The number of nitrogen functional groups attached to an aromatic ring is 1. The lowest BCUT2D eigenvalue weighted by molar-refractivity contribution is -0.118. The lowest BCUT2D eigenvalue weighted by Crippen LogP contribution is -2.10. The number of aliphatic imine (C=N–C) groups is 1. The van der Waals surface area contributed by atoms with E-state index in [1.165, 1.54) is 6.42 Å². The number of aryl methyl sites for hydroxylation is 3. The van der Waals surface area contributed by atoms with E-state index in [1.54, 1.807) is 20.2 Å². The van der Waals surface area contributed by atoms with Crippen molar-refractivity contribution in [3.63, 3.8) is 0 Å². The van der Waals surface area contributed by atoms with E-state index >= 15 is 0 Å². The molecule has 4 N–H and O–H groups in total. The van der Waals surface area contributed by atoms with Gasteiger partial charge in [0.25, 0.3) is 0 Å². The topological polar surface area (TPSA) is 94.4 Å². The average Bonchev–Trinajstić information content (AvgIpc) is 2.92. The first-order valence-electron chi connectivity index (χ1n) is 15.3. The smallest absolute Gasteiger partial charge is 0.217 e. The number of hydrogen-bond donors (Lipinski definition) is 2. The SMILES string of the molecule is CC.CCC.CCC(CC/C=C(\C=NC)c1cnc(N)c(C)c1)CCCC(N)=O.Cc1ccc(C)c(C(C)C)c1F. The molecule has 2 rings (SSSR count). The van der Waals surface area contributed by atoms with Gasteiger partial charge < -0.3 is 11.5 Å². The monoisotopic (exact) mass is 570 g/mol. The Balaban J connectivity index is 0. The van der Waals surface area contributed by atoms with Crippen LogP contribution >= 0.6 is 0 Å². The number of benzene rings is 1. The number of pyridine rings is 1. The van der Waals surface area contributed by atoms with Crippen molar-refractivity contribution in [2.45, 2.75) is 120 Å². The normalized spacial score (nSPS) is 11.6. The summed E-state index contributed by atoms with van der Waals surface area (Å²) in [4.78, 5) is 19.2. The maximum Gasteiger partial charge on any atom is 0.217 e. The van der Waals surface area contributed by atoms with Crippen LogP contribution in [0.5, 0.6) is 0 Å². The first-order valence-corrected chi connectivity index (χ1v) is 15.3. The van der Waals surface area contributed by atoms with Gasteiger partial charge in [-0.15, -0.1) is 0 Å². The molecule has 0 aliphatic rings. The van der Waals surface area contributed by atoms with Gasteiger partial charge in [-0.2, -0.15) is 0 Å². The highest BCUT2D eigenvalue weighted by molar-refractivity contribution is 6.09. The summed E-state index contributed by atoms with van der Waals surface area (Å²) in [5, 5.41) is 0. The zero-order valence-electron chi connectivity index (χ0n) is 27.9. The largest absolute Gasteiger partial charge is 0.383 e. The lowest BCUT2D eigenvalue weighted by atomic mass is 9.93. The third-order valence-electron chi connectivity index (χ3n) is 6.44. The van der Waals surface area contributed by atoms with Gasteiger partial charge in [-0.25, -0.2) is 9.37 Å². The molecule has 6 heteroatoms. The molecule has 0 saturated carbocycles. The highest BCUT2D eigenvalue weighted by Crippen LogP contribution is 2.24. The number of nitrogens with two attached hydrogens (primary N) is 2. The molecule has 0 spiro atoms. The fourth-order valence-electron chi connectivity index (χ4n) is 4.23. The number of nitrogens with zero attached hydrogens (tertiary/aromatic N) is 2. The molecule has 1 aromatic heterocycles. The van der Waals surface area contributed by atoms with Crippen molar-refractivity contribution in [1.29, 1.82) is 0 Å². The van der Waals surface area contributed by atoms with Crippen molar-refractivity contribution >= 4 is 23.5 Å². The van der Waals surface area contributed by atoms with Crippen molar-refractivity contribution in [3.8, 4) is 0 Å². The Hall–Kier alpha value is -3.02. The summed E-state index contributed by atoms with van der Waals surface area (Å²) >= 11 is 0. The van der Waals surface area contributed by atoms with Crippen LogP contribution in [0, 0.1) is 32.5 Å². The van der Waals surface area contributed by atoms with Crippen molar-refractivity contribution in [3.05, 3.63) is 64.1 Å². The van der Waals surface area contributed by atoms with Crippen LogP contribution in [-0.4, -0.2) is 24.2 Å². The van der Waals surface area contributed by atoms with Crippen molar-refractivity contribution in [2.75, 3.05) is 12.8 Å². The Morgan fingerprint density at radius 2 is 1.63 bits per heavy atom. The molecule has 5 nitrogen and oxygen atoms in total. The van der Waals surface area contributed by atoms with E-state index in [2.05, 4.69) is 36.8 Å². The minimum absolute atomic E-state index is 0.0370. The van der Waals surface area contributed by atoms with E-state index in [4.69, 9.17) is 11.5 Å². The summed E-state index contributed by atoms with van der Waals surface area (Å²) in [6, 6.07) is 5.85. The first-order chi connectivity index (χ1) is 19.4. The number of halogens is 1. The quantitative estimate of drug-likeness (QED) is 0.263. The molecule has 2 aromatic rings. The number of amides is 1. The van der Waals surface area contributed by atoms with Crippen LogP contribution in [0.25, 0.3) is 5.57 Å².